The summed E-state index contributed by atoms with van der Waals surface area (Å²) in [5, 5.41) is 9.68. The van der Waals surface area contributed by atoms with E-state index in [0.717, 1.165) is 41.6 Å². The molecule has 2 rings (SSSR count). The summed E-state index contributed by atoms with van der Waals surface area (Å²) < 4.78 is 0. The highest BCUT2D eigenvalue weighted by Crippen LogP contribution is 2.13. The van der Waals surface area contributed by atoms with Crippen molar-refractivity contribution in [3.63, 3.8) is 0 Å². The Morgan fingerprint density at radius 2 is 2.05 bits per heavy atom. The quantitative estimate of drug-likeness (QED) is 0.850. The molecule has 0 saturated heterocycles. The van der Waals surface area contributed by atoms with Gasteiger partial charge in [0, 0.05) is 36.7 Å². The second kappa shape index (κ2) is 6.47. The molecule has 0 aliphatic heterocycles. The van der Waals surface area contributed by atoms with Crippen LogP contribution in [0, 0.1) is 13.8 Å². The van der Waals surface area contributed by atoms with Gasteiger partial charge in [0.05, 0.1) is 10.7 Å². The first kappa shape index (κ1) is 13.7. The van der Waals surface area contributed by atoms with Gasteiger partial charge in [0.15, 0.2) is 0 Å². The molecule has 0 unspecified atom stereocenters. The van der Waals surface area contributed by atoms with E-state index >= 15 is 0 Å². The molecule has 2 aromatic heterocycles. The zero-order valence-corrected chi connectivity index (χ0v) is 12.3. The molecule has 0 bridgehead atoms. The zero-order chi connectivity index (χ0) is 13.7. The lowest BCUT2D eigenvalue weighted by molar-refractivity contribution is 0.951. The third kappa shape index (κ3) is 3.89. The van der Waals surface area contributed by atoms with Gasteiger partial charge in [-0.05, 0) is 20.8 Å². The monoisotopic (exact) mass is 277 g/mol. The highest BCUT2D eigenvalue weighted by Gasteiger charge is 2.03. The van der Waals surface area contributed by atoms with Crippen LogP contribution in [0.4, 0.5) is 11.8 Å². The van der Waals surface area contributed by atoms with Gasteiger partial charge in [-0.1, -0.05) is 0 Å². The third-order valence-electron chi connectivity index (χ3n) is 2.65. The van der Waals surface area contributed by atoms with Crippen LogP contribution in [0.3, 0.4) is 0 Å². The summed E-state index contributed by atoms with van der Waals surface area (Å²) in [5.41, 5.74) is 2.18. The highest BCUT2D eigenvalue weighted by atomic mass is 32.1. The molecule has 0 aliphatic rings. The van der Waals surface area contributed by atoms with Crippen molar-refractivity contribution in [1.29, 1.82) is 0 Å². The van der Waals surface area contributed by atoms with Gasteiger partial charge < -0.3 is 10.6 Å². The van der Waals surface area contributed by atoms with Gasteiger partial charge >= 0.3 is 0 Å². The maximum absolute atomic E-state index is 4.45. The van der Waals surface area contributed by atoms with Crippen molar-refractivity contribution < 1.29 is 0 Å². The molecule has 0 radical (unpaired) electrons. The Hall–Kier alpha value is -1.69. The van der Waals surface area contributed by atoms with E-state index in [4.69, 9.17) is 0 Å². The van der Waals surface area contributed by atoms with Crippen LogP contribution < -0.4 is 10.6 Å². The van der Waals surface area contributed by atoms with Gasteiger partial charge in [0.1, 0.15) is 5.82 Å². The molecular formula is C13H19N5S. The molecule has 0 aliphatic carbocycles. The van der Waals surface area contributed by atoms with E-state index in [9.17, 15) is 0 Å². The van der Waals surface area contributed by atoms with E-state index in [-0.39, 0.29) is 0 Å². The Balaban J connectivity index is 1.93. The fourth-order valence-corrected chi connectivity index (χ4v) is 2.34. The summed E-state index contributed by atoms with van der Waals surface area (Å²) in [6.07, 6.45) is 2.74. The number of nitrogens with zero attached hydrogens (tertiary/aromatic N) is 3. The first-order chi connectivity index (χ1) is 9.19. The molecule has 0 spiro atoms. The van der Waals surface area contributed by atoms with Crippen LogP contribution >= 0.6 is 11.3 Å². The first-order valence-electron chi connectivity index (χ1n) is 6.41. The molecule has 5 nitrogen and oxygen atoms in total. The third-order valence-corrected chi connectivity index (χ3v) is 3.47. The van der Waals surface area contributed by atoms with Crippen molar-refractivity contribution in [3.05, 3.63) is 27.8 Å². The lowest BCUT2D eigenvalue weighted by Gasteiger charge is -2.09. The van der Waals surface area contributed by atoms with E-state index in [0.29, 0.717) is 5.95 Å². The molecular weight excluding hydrogens is 258 g/mol. The molecule has 0 saturated carbocycles. The number of aromatic nitrogens is 3. The maximum Gasteiger partial charge on any atom is 0.224 e. The minimum atomic E-state index is 0.667. The Kier molecular flexibility index (Phi) is 4.68. The first-order valence-corrected chi connectivity index (χ1v) is 7.29. The molecule has 2 N–H and O–H groups in total. The van der Waals surface area contributed by atoms with Crippen LogP contribution in [-0.2, 0) is 6.42 Å². The Bertz CT molecular complexity index is 538. The topological polar surface area (TPSA) is 62.7 Å². The Labute approximate surface area is 117 Å². The van der Waals surface area contributed by atoms with Gasteiger partial charge in [-0.15, -0.1) is 11.3 Å². The summed E-state index contributed by atoms with van der Waals surface area (Å²) >= 11 is 1.69. The Morgan fingerprint density at radius 1 is 1.21 bits per heavy atom. The second-order valence-corrected chi connectivity index (χ2v) is 5.35. The fraction of sp³-hybridized carbons (Fsp3) is 0.462. The molecule has 0 atom stereocenters. The van der Waals surface area contributed by atoms with Crippen LogP contribution in [0.2, 0.25) is 0 Å². The van der Waals surface area contributed by atoms with Gasteiger partial charge in [-0.3, -0.25) is 0 Å². The summed E-state index contributed by atoms with van der Waals surface area (Å²) in [6.45, 7) is 7.71. The van der Waals surface area contributed by atoms with Crippen molar-refractivity contribution in [2.75, 3.05) is 23.7 Å². The molecule has 0 fully saturated rings. The van der Waals surface area contributed by atoms with Gasteiger partial charge in [-0.25, -0.2) is 9.97 Å². The average molecular weight is 277 g/mol. The normalized spacial score (nSPS) is 10.5. The smallest absolute Gasteiger partial charge is 0.224 e. The van der Waals surface area contributed by atoms with Crippen LogP contribution in [0.5, 0.6) is 0 Å². The highest BCUT2D eigenvalue weighted by molar-refractivity contribution is 7.09. The number of hydrogen-bond donors (Lipinski definition) is 2. The number of aryl methyl sites for hydroxylation is 2. The van der Waals surface area contributed by atoms with E-state index in [1.807, 2.05) is 27.0 Å². The molecule has 19 heavy (non-hydrogen) atoms. The van der Waals surface area contributed by atoms with Crippen molar-refractivity contribution in [2.45, 2.75) is 27.2 Å². The predicted octanol–water partition coefficient (Wildman–Crippen LogP) is 2.64. The van der Waals surface area contributed by atoms with Crippen LogP contribution in [0.1, 0.15) is 23.2 Å². The average Bonchev–Trinajstić information content (AvgIpc) is 2.79. The van der Waals surface area contributed by atoms with Crippen LogP contribution in [0.15, 0.2) is 11.6 Å². The molecule has 2 heterocycles. The molecule has 0 amide bonds. The molecule has 102 valence electrons. The number of nitrogens with one attached hydrogen (secondary N) is 2. The molecule has 0 aromatic carbocycles. The largest absolute Gasteiger partial charge is 0.369 e. The van der Waals surface area contributed by atoms with Crippen molar-refractivity contribution in [3.8, 4) is 0 Å². The number of thiazole rings is 1. The number of rotatable bonds is 6. The summed E-state index contributed by atoms with van der Waals surface area (Å²) in [7, 11) is 0. The number of hydrogen-bond acceptors (Lipinski definition) is 6. The summed E-state index contributed by atoms with van der Waals surface area (Å²) in [6, 6.07) is 0. The van der Waals surface area contributed by atoms with Crippen molar-refractivity contribution in [1.82, 2.24) is 15.0 Å². The zero-order valence-electron chi connectivity index (χ0n) is 11.5. The molecule has 6 heteroatoms. The van der Waals surface area contributed by atoms with E-state index in [1.54, 1.807) is 11.3 Å². The minimum absolute atomic E-state index is 0.667. The predicted molar refractivity (Wildman–Crippen MR) is 80.0 cm³/mol. The lowest BCUT2D eigenvalue weighted by Crippen LogP contribution is -2.10. The fourth-order valence-electron chi connectivity index (χ4n) is 1.70. The summed E-state index contributed by atoms with van der Waals surface area (Å²) in [5.74, 6) is 1.55. The van der Waals surface area contributed by atoms with Crippen molar-refractivity contribution >= 4 is 23.1 Å². The second-order valence-electron chi connectivity index (χ2n) is 4.29. The van der Waals surface area contributed by atoms with Crippen LogP contribution in [-0.4, -0.2) is 28.0 Å². The minimum Gasteiger partial charge on any atom is -0.369 e. The van der Waals surface area contributed by atoms with E-state index in [1.165, 1.54) is 0 Å². The molecule has 2 aromatic rings. The van der Waals surface area contributed by atoms with Gasteiger partial charge in [0.2, 0.25) is 5.95 Å². The standard InChI is InChI=1S/C13H19N5S/c1-4-14-13-16-7-9(2)12(18-13)15-6-5-11-8-19-10(3)17-11/h7-8H,4-6H2,1-3H3,(H2,14,15,16,18). The maximum atomic E-state index is 4.45. The number of anilines is 2. The van der Waals surface area contributed by atoms with E-state index in [2.05, 4.69) is 31.0 Å². The van der Waals surface area contributed by atoms with Crippen molar-refractivity contribution in [2.24, 2.45) is 0 Å². The van der Waals surface area contributed by atoms with Gasteiger partial charge in [0.25, 0.3) is 0 Å². The SMILES string of the molecule is CCNc1ncc(C)c(NCCc2csc(C)n2)n1. The van der Waals surface area contributed by atoms with Gasteiger partial charge in [-0.2, -0.15) is 4.98 Å². The lowest BCUT2D eigenvalue weighted by atomic mass is 10.3. The Morgan fingerprint density at radius 3 is 2.74 bits per heavy atom. The summed E-state index contributed by atoms with van der Waals surface area (Å²) in [4.78, 5) is 13.1. The van der Waals surface area contributed by atoms with Crippen LogP contribution in [0.25, 0.3) is 0 Å². The van der Waals surface area contributed by atoms with E-state index < -0.39 is 0 Å².